The number of hydrogen-bond acceptors (Lipinski definition) is 5. The van der Waals surface area contributed by atoms with Crippen LogP contribution in [0, 0.1) is 6.92 Å². The molecule has 0 aliphatic carbocycles. The molecule has 2 unspecified atom stereocenters. The average Bonchev–Trinajstić information content (AvgIpc) is 2.84. The van der Waals surface area contributed by atoms with Crippen molar-refractivity contribution in [2.24, 2.45) is 10.7 Å². The van der Waals surface area contributed by atoms with E-state index in [1.807, 2.05) is 0 Å². The lowest BCUT2D eigenvalue weighted by Crippen LogP contribution is -2.30. The minimum Gasteiger partial charge on any atom is -0.505 e. The number of aryl methyl sites for hydroxylation is 1. The number of phenolic OH excluding ortho intramolecular Hbond substituents is 1. The molecule has 2 aliphatic rings. The lowest BCUT2D eigenvalue weighted by Gasteiger charge is -2.27. The first-order chi connectivity index (χ1) is 10.5. The molecule has 114 valence electrons. The van der Waals surface area contributed by atoms with Gasteiger partial charge in [-0.3, -0.25) is 9.79 Å². The number of fused-ring (bicyclic) bond motifs is 2. The molecule has 6 heteroatoms. The second kappa shape index (κ2) is 5.31. The SMILES string of the molecule is Cc1ccc2c(c1O)N=CC1CC(/C=C/C(N)=O)=CN1C2O. The van der Waals surface area contributed by atoms with Gasteiger partial charge < -0.3 is 20.8 Å². The second-order valence-corrected chi connectivity index (χ2v) is 5.48. The molecule has 0 saturated heterocycles. The smallest absolute Gasteiger partial charge is 0.241 e. The number of aliphatic hydroxyl groups is 1. The number of allylic oxidation sites excluding steroid dienone is 1. The standard InChI is InChI=1S/C16H17N3O3/c1-9-2-4-12-14(15(9)21)18-7-11-6-10(3-5-13(17)20)8-19(11)16(12)22/h2-5,7-8,11,16,21-22H,6H2,1H3,(H2,17,20)/b5-3+. The molecule has 3 rings (SSSR count). The number of rotatable bonds is 2. The summed E-state index contributed by atoms with van der Waals surface area (Å²) in [6.07, 6.45) is 6.13. The highest BCUT2D eigenvalue weighted by molar-refractivity contribution is 5.86. The maximum atomic E-state index is 10.8. The van der Waals surface area contributed by atoms with Crippen LogP contribution in [0.2, 0.25) is 0 Å². The van der Waals surface area contributed by atoms with E-state index in [0.29, 0.717) is 23.2 Å². The molecule has 2 atom stereocenters. The van der Waals surface area contributed by atoms with E-state index >= 15 is 0 Å². The van der Waals surface area contributed by atoms with Crippen molar-refractivity contribution in [2.45, 2.75) is 25.6 Å². The Hall–Kier alpha value is -2.60. The van der Waals surface area contributed by atoms with Gasteiger partial charge in [0.05, 0.1) is 6.04 Å². The number of amides is 1. The van der Waals surface area contributed by atoms with Gasteiger partial charge in [0.2, 0.25) is 5.91 Å². The number of hydrogen-bond donors (Lipinski definition) is 3. The van der Waals surface area contributed by atoms with Crippen molar-refractivity contribution in [3.63, 3.8) is 0 Å². The maximum Gasteiger partial charge on any atom is 0.241 e. The third-order valence-corrected chi connectivity index (χ3v) is 3.92. The molecule has 1 aromatic rings. The third-order valence-electron chi connectivity index (χ3n) is 3.92. The Bertz CT molecular complexity index is 722. The van der Waals surface area contributed by atoms with Crippen LogP contribution in [-0.2, 0) is 4.79 Å². The Morgan fingerprint density at radius 2 is 2.27 bits per heavy atom. The van der Waals surface area contributed by atoms with Crippen LogP contribution in [-0.4, -0.2) is 33.3 Å². The Balaban J connectivity index is 1.97. The van der Waals surface area contributed by atoms with Crippen LogP contribution in [0.1, 0.15) is 23.8 Å². The quantitative estimate of drug-likeness (QED) is 0.719. The Morgan fingerprint density at radius 1 is 1.50 bits per heavy atom. The Kier molecular flexibility index (Phi) is 3.46. The summed E-state index contributed by atoms with van der Waals surface area (Å²) < 4.78 is 0. The number of benzene rings is 1. The van der Waals surface area contributed by atoms with Crippen LogP contribution in [0.5, 0.6) is 5.75 Å². The number of nitrogens with zero attached hydrogens (tertiary/aromatic N) is 2. The van der Waals surface area contributed by atoms with E-state index in [1.54, 1.807) is 42.4 Å². The first kappa shape index (κ1) is 14.3. The molecule has 0 bridgehead atoms. The van der Waals surface area contributed by atoms with Crippen molar-refractivity contribution < 1.29 is 15.0 Å². The summed E-state index contributed by atoms with van der Waals surface area (Å²) in [7, 11) is 0. The van der Waals surface area contributed by atoms with Crippen molar-refractivity contribution in [1.82, 2.24) is 4.90 Å². The normalized spacial score (nSPS) is 23.2. The molecular weight excluding hydrogens is 282 g/mol. The molecule has 0 spiro atoms. The Labute approximate surface area is 127 Å². The number of aliphatic hydroxyl groups excluding tert-OH is 1. The van der Waals surface area contributed by atoms with Gasteiger partial charge in [-0.1, -0.05) is 18.2 Å². The van der Waals surface area contributed by atoms with E-state index in [1.165, 1.54) is 6.08 Å². The number of aliphatic imine (C=N–C) groups is 1. The molecule has 2 aliphatic heterocycles. The largest absolute Gasteiger partial charge is 0.505 e. The zero-order valence-electron chi connectivity index (χ0n) is 12.1. The van der Waals surface area contributed by atoms with Gasteiger partial charge in [-0.05, 0) is 24.5 Å². The number of aromatic hydroxyl groups is 1. The fraction of sp³-hybridized carbons (Fsp3) is 0.250. The van der Waals surface area contributed by atoms with Crippen LogP contribution < -0.4 is 5.73 Å². The number of carbonyl (C=O) groups excluding carboxylic acids is 1. The fourth-order valence-corrected chi connectivity index (χ4v) is 2.73. The zero-order valence-corrected chi connectivity index (χ0v) is 12.1. The van der Waals surface area contributed by atoms with Gasteiger partial charge in [0.15, 0.2) is 6.23 Å². The number of nitrogens with two attached hydrogens (primary N) is 1. The first-order valence-corrected chi connectivity index (χ1v) is 6.97. The number of primary amides is 1. The van der Waals surface area contributed by atoms with Gasteiger partial charge in [-0.2, -0.15) is 0 Å². The van der Waals surface area contributed by atoms with Crippen LogP contribution in [0.15, 0.2) is 41.1 Å². The molecule has 1 amide bonds. The monoisotopic (exact) mass is 299 g/mol. The highest BCUT2D eigenvalue weighted by Gasteiger charge is 2.32. The molecule has 4 N–H and O–H groups in total. The van der Waals surface area contributed by atoms with Gasteiger partial charge in [0, 0.05) is 24.1 Å². The van der Waals surface area contributed by atoms with E-state index in [2.05, 4.69) is 4.99 Å². The van der Waals surface area contributed by atoms with E-state index in [0.717, 1.165) is 5.57 Å². The first-order valence-electron chi connectivity index (χ1n) is 6.97. The molecule has 6 nitrogen and oxygen atoms in total. The van der Waals surface area contributed by atoms with Gasteiger partial charge in [0.25, 0.3) is 0 Å². The lowest BCUT2D eigenvalue weighted by molar-refractivity contribution is -0.113. The lowest BCUT2D eigenvalue weighted by atomic mass is 10.1. The van der Waals surface area contributed by atoms with Gasteiger partial charge in [0.1, 0.15) is 11.4 Å². The minimum absolute atomic E-state index is 0.0896. The number of phenols is 1. The van der Waals surface area contributed by atoms with Crippen molar-refractivity contribution in [3.8, 4) is 5.75 Å². The molecule has 0 fully saturated rings. The third kappa shape index (κ3) is 2.37. The summed E-state index contributed by atoms with van der Waals surface area (Å²) >= 11 is 0. The van der Waals surface area contributed by atoms with Crippen LogP contribution >= 0.6 is 0 Å². The molecule has 1 aromatic carbocycles. The van der Waals surface area contributed by atoms with Crippen LogP contribution in [0.3, 0.4) is 0 Å². The van der Waals surface area contributed by atoms with E-state index in [-0.39, 0.29) is 11.8 Å². The van der Waals surface area contributed by atoms with Gasteiger partial charge in [-0.25, -0.2) is 0 Å². The summed E-state index contributed by atoms with van der Waals surface area (Å²) in [6, 6.07) is 3.38. The average molecular weight is 299 g/mol. The van der Waals surface area contributed by atoms with Crippen LogP contribution in [0.25, 0.3) is 0 Å². The summed E-state index contributed by atoms with van der Waals surface area (Å²) in [5.41, 5.74) is 7.65. The minimum atomic E-state index is -0.909. The predicted molar refractivity (Wildman–Crippen MR) is 82.6 cm³/mol. The van der Waals surface area contributed by atoms with Gasteiger partial charge >= 0.3 is 0 Å². The van der Waals surface area contributed by atoms with Gasteiger partial charge in [-0.15, -0.1) is 0 Å². The molecule has 2 heterocycles. The Morgan fingerprint density at radius 3 is 3.00 bits per heavy atom. The number of carbonyl (C=O) groups is 1. The van der Waals surface area contributed by atoms with Crippen molar-refractivity contribution in [1.29, 1.82) is 0 Å². The van der Waals surface area contributed by atoms with E-state index in [9.17, 15) is 15.0 Å². The molecular formula is C16H17N3O3. The summed E-state index contributed by atoms with van der Waals surface area (Å²) in [4.78, 5) is 16.9. The van der Waals surface area contributed by atoms with Crippen molar-refractivity contribution >= 4 is 17.8 Å². The molecule has 22 heavy (non-hydrogen) atoms. The highest BCUT2D eigenvalue weighted by Crippen LogP contribution is 2.42. The maximum absolute atomic E-state index is 10.8. The highest BCUT2D eigenvalue weighted by atomic mass is 16.3. The molecule has 0 radical (unpaired) electrons. The van der Waals surface area contributed by atoms with Crippen molar-refractivity contribution in [2.75, 3.05) is 0 Å². The molecule has 0 aromatic heterocycles. The second-order valence-electron chi connectivity index (χ2n) is 5.48. The summed E-state index contributed by atoms with van der Waals surface area (Å²) in [6.45, 7) is 1.79. The summed E-state index contributed by atoms with van der Waals surface area (Å²) in [5.74, 6) is -0.422. The zero-order chi connectivity index (χ0) is 15.9. The molecule has 0 saturated carbocycles. The summed E-state index contributed by atoms with van der Waals surface area (Å²) in [5, 5.41) is 20.7. The van der Waals surface area contributed by atoms with E-state index < -0.39 is 12.1 Å². The van der Waals surface area contributed by atoms with E-state index in [4.69, 9.17) is 5.73 Å². The van der Waals surface area contributed by atoms with Crippen molar-refractivity contribution in [3.05, 3.63) is 47.2 Å². The topological polar surface area (TPSA) is 99.2 Å². The predicted octanol–water partition coefficient (Wildman–Crippen LogP) is 1.41. The fourth-order valence-electron chi connectivity index (χ4n) is 2.73. The van der Waals surface area contributed by atoms with Crippen LogP contribution in [0.4, 0.5) is 5.69 Å².